The van der Waals surface area contributed by atoms with Crippen molar-refractivity contribution >= 4 is 5.78 Å². The fraction of sp³-hybridized carbons (Fsp3) is 0.533. The highest BCUT2D eigenvalue weighted by atomic mass is 16.5. The topological polar surface area (TPSA) is 26.3 Å². The molecule has 1 aliphatic rings. The highest BCUT2D eigenvalue weighted by Gasteiger charge is 2.29. The molecule has 1 heterocycles. The second-order valence-electron chi connectivity index (χ2n) is 5.15. The summed E-state index contributed by atoms with van der Waals surface area (Å²) in [6.45, 7) is 4.91. The summed E-state index contributed by atoms with van der Waals surface area (Å²) in [5.41, 5.74) is 1.07. The summed E-state index contributed by atoms with van der Waals surface area (Å²) in [6.07, 6.45) is 2.80. The molecule has 1 atom stereocenters. The minimum atomic E-state index is -0.0293. The zero-order valence-electron chi connectivity index (χ0n) is 10.6. The monoisotopic (exact) mass is 232 g/mol. The number of ether oxygens (including phenoxy) is 1. The van der Waals surface area contributed by atoms with Crippen LogP contribution in [-0.4, -0.2) is 12.4 Å². The van der Waals surface area contributed by atoms with E-state index in [0.29, 0.717) is 24.7 Å². The SMILES string of the molecule is CC(C)CCCC(=O)C1COc2ccccc21. The number of hydrogen-bond acceptors (Lipinski definition) is 2. The van der Waals surface area contributed by atoms with Crippen LogP contribution in [0.5, 0.6) is 5.75 Å². The fourth-order valence-corrected chi connectivity index (χ4v) is 2.29. The molecule has 0 amide bonds. The molecule has 2 rings (SSSR count). The van der Waals surface area contributed by atoms with Gasteiger partial charge in [-0.1, -0.05) is 38.5 Å². The first-order valence-corrected chi connectivity index (χ1v) is 6.43. The van der Waals surface area contributed by atoms with Gasteiger partial charge in [-0.05, 0) is 18.4 Å². The first kappa shape index (κ1) is 12.2. The average Bonchev–Trinajstić information content (AvgIpc) is 2.72. The predicted molar refractivity (Wildman–Crippen MR) is 68.4 cm³/mol. The molecule has 0 radical (unpaired) electrons. The Morgan fingerprint density at radius 2 is 2.18 bits per heavy atom. The van der Waals surface area contributed by atoms with Crippen molar-refractivity contribution in [3.8, 4) is 5.75 Å². The van der Waals surface area contributed by atoms with E-state index in [0.717, 1.165) is 24.2 Å². The number of carbonyl (C=O) groups excluding carboxylic acids is 1. The molecule has 0 saturated heterocycles. The first-order valence-electron chi connectivity index (χ1n) is 6.43. The molecule has 0 fully saturated rings. The minimum Gasteiger partial charge on any atom is -0.492 e. The van der Waals surface area contributed by atoms with Crippen LogP contribution < -0.4 is 4.74 Å². The van der Waals surface area contributed by atoms with E-state index in [9.17, 15) is 4.79 Å². The van der Waals surface area contributed by atoms with Crippen molar-refractivity contribution in [3.05, 3.63) is 29.8 Å². The maximum absolute atomic E-state index is 12.1. The predicted octanol–water partition coefficient (Wildman–Crippen LogP) is 3.56. The highest BCUT2D eigenvalue weighted by molar-refractivity contribution is 5.87. The van der Waals surface area contributed by atoms with E-state index in [1.165, 1.54) is 0 Å². The van der Waals surface area contributed by atoms with Gasteiger partial charge in [0.2, 0.25) is 0 Å². The Morgan fingerprint density at radius 3 is 2.94 bits per heavy atom. The van der Waals surface area contributed by atoms with Crippen LogP contribution >= 0.6 is 0 Å². The van der Waals surface area contributed by atoms with Gasteiger partial charge in [-0.3, -0.25) is 4.79 Å². The van der Waals surface area contributed by atoms with Crippen molar-refractivity contribution in [1.82, 2.24) is 0 Å². The van der Waals surface area contributed by atoms with Crippen LogP contribution in [0.2, 0.25) is 0 Å². The number of rotatable bonds is 5. The maximum atomic E-state index is 12.1. The fourth-order valence-electron chi connectivity index (χ4n) is 2.29. The van der Waals surface area contributed by atoms with Crippen molar-refractivity contribution in [1.29, 1.82) is 0 Å². The van der Waals surface area contributed by atoms with Crippen LogP contribution in [0.15, 0.2) is 24.3 Å². The van der Waals surface area contributed by atoms with Crippen molar-refractivity contribution < 1.29 is 9.53 Å². The van der Waals surface area contributed by atoms with E-state index in [4.69, 9.17) is 4.74 Å². The number of fused-ring (bicyclic) bond motifs is 1. The van der Waals surface area contributed by atoms with Gasteiger partial charge in [0.25, 0.3) is 0 Å². The molecule has 2 nitrogen and oxygen atoms in total. The quantitative estimate of drug-likeness (QED) is 0.776. The van der Waals surface area contributed by atoms with Crippen molar-refractivity contribution in [3.63, 3.8) is 0 Å². The van der Waals surface area contributed by atoms with Crippen LogP contribution in [-0.2, 0) is 4.79 Å². The normalized spacial score (nSPS) is 17.9. The molecule has 0 bridgehead atoms. The minimum absolute atomic E-state index is 0.0293. The molecule has 0 aromatic heterocycles. The van der Waals surface area contributed by atoms with Gasteiger partial charge in [0.05, 0.1) is 5.92 Å². The smallest absolute Gasteiger partial charge is 0.143 e. The Labute approximate surface area is 103 Å². The molecule has 17 heavy (non-hydrogen) atoms. The lowest BCUT2D eigenvalue weighted by molar-refractivity contribution is -0.120. The third kappa shape index (κ3) is 2.87. The number of Topliss-reactive ketones (excluding diaryl/α,β-unsaturated/α-hetero) is 1. The van der Waals surface area contributed by atoms with Gasteiger partial charge in [-0.25, -0.2) is 0 Å². The highest BCUT2D eigenvalue weighted by Crippen LogP contribution is 2.34. The Bertz CT molecular complexity index is 396. The number of para-hydroxylation sites is 1. The Balaban J connectivity index is 1.93. The van der Waals surface area contributed by atoms with Crippen molar-refractivity contribution in [2.45, 2.75) is 39.0 Å². The van der Waals surface area contributed by atoms with E-state index in [-0.39, 0.29) is 5.92 Å². The van der Waals surface area contributed by atoms with E-state index < -0.39 is 0 Å². The Kier molecular flexibility index (Phi) is 3.82. The standard InChI is InChI=1S/C15H20O2/c1-11(2)6-5-8-14(16)13-10-17-15-9-4-3-7-12(13)15/h3-4,7,9,11,13H,5-6,8,10H2,1-2H3. The van der Waals surface area contributed by atoms with Gasteiger partial charge in [0.15, 0.2) is 0 Å². The zero-order valence-corrected chi connectivity index (χ0v) is 10.6. The molecule has 1 aromatic carbocycles. The van der Waals surface area contributed by atoms with Gasteiger partial charge >= 0.3 is 0 Å². The van der Waals surface area contributed by atoms with E-state index in [1.807, 2.05) is 24.3 Å². The van der Waals surface area contributed by atoms with Crippen LogP contribution in [0.3, 0.4) is 0 Å². The third-order valence-corrected chi connectivity index (χ3v) is 3.29. The van der Waals surface area contributed by atoms with Crippen molar-refractivity contribution in [2.24, 2.45) is 5.92 Å². The largest absolute Gasteiger partial charge is 0.492 e. The van der Waals surface area contributed by atoms with Crippen LogP contribution in [0.4, 0.5) is 0 Å². The lowest BCUT2D eigenvalue weighted by Crippen LogP contribution is -2.14. The summed E-state index contributed by atoms with van der Waals surface area (Å²) in [5.74, 6) is 1.86. The van der Waals surface area contributed by atoms with E-state index in [1.54, 1.807) is 0 Å². The number of carbonyl (C=O) groups is 1. The molecule has 0 spiro atoms. The number of hydrogen-bond donors (Lipinski definition) is 0. The molecule has 1 aromatic rings. The molecule has 1 aliphatic heterocycles. The number of benzene rings is 1. The Hall–Kier alpha value is -1.31. The molecular formula is C15H20O2. The maximum Gasteiger partial charge on any atom is 0.143 e. The van der Waals surface area contributed by atoms with Gasteiger partial charge in [-0.2, -0.15) is 0 Å². The van der Waals surface area contributed by atoms with Crippen LogP contribution in [0, 0.1) is 5.92 Å². The summed E-state index contributed by atoms with van der Waals surface area (Å²) in [7, 11) is 0. The average molecular weight is 232 g/mol. The molecular weight excluding hydrogens is 212 g/mol. The molecule has 2 heteroatoms. The second-order valence-corrected chi connectivity index (χ2v) is 5.15. The molecule has 1 unspecified atom stereocenters. The van der Waals surface area contributed by atoms with Gasteiger partial charge in [0, 0.05) is 12.0 Å². The molecule has 0 aliphatic carbocycles. The summed E-state index contributed by atoms with van der Waals surface area (Å²) in [4.78, 5) is 12.1. The van der Waals surface area contributed by atoms with Crippen LogP contribution in [0.25, 0.3) is 0 Å². The summed E-state index contributed by atoms with van der Waals surface area (Å²) in [6, 6.07) is 7.87. The summed E-state index contributed by atoms with van der Waals surface area (Å²) in [5, 5.41) is 0. The lowest BCUT2D eigenvalue weighted by Gasteiger charge is -2.08. The molecule has 92 valence electrons. The van der Waals surface area contributed by atoms with Crippen LogP contribution in [0.1, 0.15) is 44.6 Å². The van der Waals surface area contributed by atoms with E-state index >= 15 is 0 Å². The third-order valence-electron chi connectivity index (χ3n) is 3.29. The Morgan fingerprint density at radius 1 is 1.41 bits per heavy atom. The number of ketones is 1. The van der Waals surface area contributed by atoms with Gasteiger partial charge in [0.1, 0.15) is 18.1 Å². The molecule has 0 saturated carbocycles. The first-order chi connectivity index (χ1) is 8.18. The van der Waals surface area contributed by atoms with Gasteiger partial charge in [-0.15, -0.1) is 0 Å². The summed E-state index contributed by atoms with van der Waals surface area (Å²) >= 11 is 0. The van der Waals surface area contributed by atoms with E-state index in [2.05, 4.69) is 13.8 Å². The second kappa shape index (κ2) is 5.35. The summed E-state index contributed by atoms with van der Waals surface area (Å²) < 4.78 is 5.54. The van der Waals surface area contributed by atoms with Gasteiger partial charge < -0.3 is 4.74 Å². The van der Waals surface area contributed by atoms with Crippen molar-refractivity contribution in [2.75, 3.05) is 6.61 Å². The lowest BCUT2D eigenvalue weighted by atomic mass is 9.93. The molecule has 0 N–H and O–H groups in total. The zero-order chi connectivity index (χ0) is 12.3.